The molecular weight excluding hydrogens is 606 g/mol. The summed E-state index contributed by atoms with van der Waals surface area (Å²) in [6.07, 6.45) is 0. The molecule has 0 saturated carbocycles. The smallest absolute Gasteiger partial charge is 0.131 e. The molecule has 0 aliphatic heterocycles. The number of anilines is 3. The van der Waals surface area contributed by atoms with E-state index in [2.05, 4.69) is 117 Å². The summed E-state index contributed by atoms with van der Waals surface area (Å²) in [5.74, 6) is 1.24. The summed E-state index contributed by atoms with van der Waals surface area (Å²) in [6.45, 7) is 0. The Bertz CT molecular complexity index is 2550. The van der Waals surface area contributed by atoms with Gasteiger partial charge in [0.1, 0.15) is 23.0 Å². The highest BCUT2D eigenvalue weighted by Gasteiger charge is 2.22. The maximum atomic E-state index is 14.1. The average molecular weight is 636 g/mol. The quantitative estimate of drug-likeness (QED) is 0.174. The molecule has 4 nitrogen and oxygen atoms in total. The number of para-hydroxylation sites is 4. The summed E-state index contributed by atoms with van der Waals surface area (Å²) in [5, 5.41) is 3.65. The Balaban J connectivity index is 1.19. The zero-order valence-electron chi connectivity index (χ0n) is 26.4. The Morgan fingerprint density at radius 1 is 0.408 bits per heavy atom. The van der Waals surface area contributed by atoms with Crippen LogP contribution in [0, 0.1) is 5.82 Å². The van der Waals surface area contributed by atoms with Crippen LogP contribution in [-0.2, 0) is 0 Å². The minimum Gasteiger partial charge on any atom is -0.457 e. The normalized spacial score (nSPS) is 11.4. The van der Waals surface area contributed by atoms with Crippen LogP contribution in [0.4, 0.5) is 21.5 Å². The van der Waals surface area contributed by atoms with Gasteiger partial charge in [-0.3, -0.25) is 9.13 Å². The van der Waals surface area contributed by atoms with Crippen molar-refractivity contribution in [2.75, 3.05) is 4.90 Å². The first-order chi connectivity index (χ1) is 24.2. The highest BCUT2D eigenvalue weighted by atomic mass is 19.1. The van der Waals surface area contributed by atoms with Crippen molar-refractivity contribution in [2.45, 2.75) is 0 Å². The van der Waals surface area contributed by atoms with E-state index < -0.39 is 0 Å². The number of hydrogen-bond donors (Lipinski definition) is 0. The number of halogens is 1. The predicted molar refractivity (Wildman–Crippen MR) is 199 cm³/mol. The second-order valence-corrected chi connectivity index (χ2v) is 12.0. The molecule has 9 aromatic rings. The van der Waals surface area contributed by atoms with Crippen LogP contribution in [0.15, 0.2) is 182 Å². The first-order valence-corrected chi connectivity index (χ1v) is 16.3. The fourth-order valence-electron chi connectivity index (χ4n) is 6.87. The third kappa shape index (κ3) is 5.00. The van der Waals surface area contributed by atoms with Gasteiger partial charge in [-0.1, -0.05) is 72.8 Å². The summed E-state index contributed by atoms with van der Waals surface area (Å²) in [4.78, 5) is 2.12. The predicted octanol–water partition coefficient (Wildman–Crippen LogP) is 12.1. The largest absolute Gasteiger partial charge is 0.457 e. The molecule has 0 spiro atoms. The summed E-state index contributed by atoms with van der Waals surface area (Å²) < 4.78 is 24.9. The number of fused-ring (bicyclic) bond motifs is 5. The lowest BCUT2D eigenvalue weighted by atomic mass is 10.1. The first kappa shape index (κ1) is 28.6. The third-order valence-corrected chi connectivity index (χ3v) is 9.01. The summed E-state index contributed by atoms with van der Waals surface area (Å²) in [6, 6.07) is 60.7. The van der Waals surface area contributed by atoms with Gasteiger partial charge in [-0.25, -0.2) is 4.39 Å². The number of ether oxygens (including phenoxy) is 1. The molecule has 0 N–H and O–H groups in total. The maximum Gasteiger partial charge on any atom is 0.131 e. The van der Waals surface area contributed by atoms with E-state index in [1.165, 1.54) is 28.3 Å². The molecular formula is C44H30FN3O. The molecule has 0 radical (unpaired) electrons. The Labute approximate surface area is 283 Å². The van der Waals surface area contributed by atoms with Crippen molar-refractivity contribution in [1.29, 1.82) is 0 Å². The molecule has 2 heterocycles. The van der Waals surface area contributed by atoms with E-state index in [0.29, 0.717) is 0 Å². The van der Waals surface area contributed by atoms with Gasteiger partial charge in [0, 0.05) is 44.6 Å². The fourth-order valence-corrected chi connectivity index (χ4v) is 6.87. The van der Waals surface area contributed by atoms with Crippen LogP contribution in [-0.4, -0.2) is 9.13 Å². The van der Waals surface area contributed by atoms with Crippen LogP contribution in [0.3, 0.4) is 0 Å². The molecule has 49 heavy (non-hydrogen) atoms. The minimum atomic E-state index is -0.275. The molecule has 0 amide bonds. The Hall–Kier alpha value is -6.59. The van der Waals surface area contributed by atoms with E-state index in [-0.39, 0.29) is 5.82 Å². The average Bonchev–Trinajstić information content (AvgIpc) is 3.67. The van der Waals surface area contributed by atoms with Crippen LogP contribution >= 0.6 is 0 Å². The highest BCUT2D eigenvalue weighted by molar-refractivity contribution is 6.22. The molecule has 5 heteroatoms. The van der Waals surface area contributed by atoms with E-state index >= 15 is 0 Å². The SMILES string of the molecule is Fc1ccc(N(c2ccc(Oc3ccccc3)cc2)c2ccc(-n3c4ccccc4c4c5ccccc5n(-c5ccccc5)c43)cc2)cc1. The second kappa shape index (κ2) is 11.9. The van der Waals surface area contributed by atoms with E-state index in [1.807, 2.05) is 54.6 Å². The number of aromatic nitrogens is 2. The Morgan fingerprint density at radius 3 is 1.41 bits per heavy atom. The molecule has 0 atom stereocenters. The van der Waals surface area contributed by atoms with E-state index in [1.54, 1.807) is 12.1 Å². The zero-order chi connectivity index (χ0) is 32.7. The lowest BCUT2D eigenvalue weighted by Gasteiger charge is -2.26. The topological polar surface area (TPSA) is 22.3 Å². The van der Waals surface area contributed by atoms with Crippen LogP contribution < -0.4 is 9.64 Å². The van der Waals surface area contributed by atoms with Gasteiger partial charge in [0.2, 0.25) is 0 Å². The van der Waals surface area contributed by atoms with Gasteiger partial charge in [0.05, 0.1) is 11.0 Å². The third-order valence-electron chi connectivity index (χ3n) is 9.01. The van der Waals surface area contributed by atoms with Gasteiger partial charge < -0.3 is 9.64 Å². The van der Waals surface area contributed by atoms with E-state index in [4.69, 9.17) is 4.74 Å². The zero-order valence-corrected chi connectivity index (χ0v) is 26.4. The number of nitrogens with zero attached hydrogens (tertiary/aromatic N) is 3. The molecule has 0 aliphatic carbocycles. The lowest BCUT2D eigenvalue weighted by molar-refractivity contribution is 0.483. The van der Waals surface area contributed by atoms with Crippen molar-refractivity contribution in [1.82, 2.24) is 9.13 Å². The highest BCUT2D eigenvalue weighted by Crippen LogP contribution is 2.42. The minimum absolute atomic E-state index is 0.275. The standard InChI is InChI=1S/C44H30FN3O/c45-31-19-21-33(22-20-31)46(35-27-29-38(30-28-35)49-37-13-5-2-6-14-37)34-23-25-36(26-24-34)48-42-18-10-8-16-40(42)43-39-15-7-9-17-41(39)47(44(43)48)32-11-3-1-4-12-32/h1-30H. The number of benzene rings is 7. The molecule has 0 unspecified atom stereocenters. The van der Waals surface area contributed by atoms with E-state index in [0.717, 1.165) is 56.6 Å². The molecule has 7 aromatic carbocycles. The fraction of sp³-hybridized carbons (Fsp3) is 0. The van der Waals surface area contributed by atoms with Crippen molar-refractivity contribution in [3.05, 3.63) is 188 Å². The van der Waals surface area contributed by atoms with E-state index in [9.17, 15) is 4.39 Å². The van der Waals surface area contributed by atoms with Crippen LogP contribution in [0.2, 0.25) is 0 Å². The maximum absolute atomic E-state index is 14.1. The van der Waals surface area contributed by atoms with Crippen molar-refractivity contribution < 1.29 is 9.13 Å². The molecule has 2 aromatic heterocycles. The number of rotatable bonds is 7. The molecule has 234 valence electrons. The monoisotopic (exact) mass is 635 g/mol. The Morgan fingerprint density at radius 2 is 0.837 bits per heavy atom. The summed E-state index contributed by atoms with van der Waals surface area (Å²) in [5.41, 5.74) is 8.30. The molecule has 0 aliphatic rings. The van der Waals surface area contributed by atoms with Crippen molar-refractivity contribution in [2.24, 2.45) is 0 Å². The second-order valence-electron chi connectivity index (χ2n) is 12.0. The van der Waals surface area contributed by atoms with Gasteiger partial charge in [0.25, 0.3) is 0 Å². The van der Waals surface area contributed by atoms with Crippen LogP contribution in [0.1, 0.15) is 0 Å². The molecule has 0 saturated heterocycles. The summed E-state index contributed by atoms with van der Waals surface area (Å²) in [7, 11) is 0. The Kier molecular flexibility index (Phi) is 6.95. The van der Waals surface area contributed by atoms with Gasteiger partial charge in [-0.15, -0.1) is 0 Å². The van der Waals surface area contributed by atoms with Gasteiger partial charge in [-0.2, -0.15) is 0 Å². The molecule has 0 fully saturated rings. The number of hydrogen-bond acceptors (Lipinski definition) is 2. The lowest BCUT2D eigenvalue weighted by Crippen LogP contribution is -2.10. The van der Waals surface area contributed by atoms with Gasteiger partial charge in [-0.05, 0) is 109 Å². The molecule has 0 bridgehead atoms. The van der Waals surface area contributed by atoms with Crippen LogP contribution in [0.5, 0.6) is 11.5 Å². The van der Waals surface area contributed by atoms with Crippen molar-refractivity contribution in [3.63, 3.8) is 0 Å². The van der Waals surface area contributed by atoms with Gasteiger partial charge >= 0.3 is 0 Å². The van der Waals surface area contributed by atoms with Crippen molar-refractivity contribution in [3.8, 4) is 22.9 Å². The summed E-state index contributed by atoms with van der Waals surface area (Å²) >= 11 is 0. The van der Waals surface area contributed by atoms with Crippen LogP contribution in [0.25, 0.3) is 44.2 Å². The van der Waals surface area contributed by atoms with Gasteiger partial charge in [0.15, 0.2) is 0 Å². The van der Waals surface area contributed by atoms with Crippen molar-refractivity contribution >= 4 is 49.9 Å². The first-order valence-electron chi connectivity index (χ1n) is 16.3. The molecule has 9 rings (SSSR count).